The van der Waals surface area contributed by atoms with Gasteiger partial charge in [0.1, 0.15) is 11.6 Å². The van der Waals surface area contributed by atoms with Crippen LogP contribution >= 0.6 is 11.3 Å². The number of amides is 1. The summed E-state index contributed by atoms with van der Waals surface area (Å²) in [7, 11) is 0. The van der Waals surface area contributed by atoms with Crippen LogP contribution in [0.2, 0.25) is 0 Å². The minimum atomic E-state index is -0.498. The molecule has 3 nitrogen and oxygen atoms in total. The van der Waals surface area contributed by atoms with E-state index < -0.39 is 11.6 Å². The van der Waals surface area contributed by atoms with Crippen molar-refractivity contribution in [2.24, 2.45) is 0 Å². The molecular formula is C14H14F2N2OS. The third kappa shape index (κ3) is 4.09. The average molecular weight is 296 g/mol. The van der Waals surface area contributed by atoms with E-state index in [1.165, 1.54) is 11.3 Å². The Bertz CT molecular complexity index is 613. The number of thiazole rings is 1. The van der Waals surface area contributed by atoms with E-state index in [1.54, 1.807) is 6.20 Å². The zero-order valence-electron chi connectivity index (χ0n) is 11.0. The van der Waals surface area contributed by atoms with Crippen LogP contribution in [0.3, 0.4) is 0 Å². The fraction of sp³-hybridized carbons (Fsp3) is 0.286. The van der Waals surface area contributed by atoms with Crippen LogP contribution in [0.5, 0.6) is 0 Å². The lowest BCUT2D eigenvalue weighted by Crippen LogP contribution is -2.22. The largest absolute Gasteiger partial charge is 0.351 e. The lowest BCUT2D eigenvalue weighted by molar-refractivity contribution is -0.121. The number of hydrogen-bond acceptors (Lipinski definition) is 3. The Morgan fingerprint density at radius 2 is 2.20 bits per heavy atom. The van der Waals surface area contributed by atoms with Crippen molar-refractivity contribution >= 4 is 17.2 Å². The number of aryl methyl sites for hydroxylation is 2. The van der Waals surface area contributed by atoms with Gasteiger partial charge in [-0.15, -0.1) is 11.3 Å². The van der Waals surface area contributed by atoms with Crippen LogP contribution in [0.25, 0.3) is 0 Å². The first-order valence-corrected chi connectivity index (χ1v) is 6.98. The zero-order valence-corrected chi connectivity index (χ0v) is 11.8. The molecule has 0 atom stereocenters. The van der Waals surface area contributed by atoms with Gasteiger partial charge in [-0.2, -0.15) is 0 Å². The van der Waals surface area contributed by atoms with Crippen molar-refractivity contribution in [1.82, 2.24) is 10.3 Å². The minimum absolute atomic E-state index is 0.123. The minimum Gasteiger partial charge on any atom is -0.351 e. The highest BCUT2D eigenvalue weighted by molar-refractivity contribution is 7.11. The number of carbonyl (C=O) groups is 1. The number of benzene rings is 1. The Morgan fingerprint density at radius 1 is 1.40 bits per heavy atom. The van der Waals surface area contributed by atoms with Crippen molar-refractivity contribution in [2.45, 2.75) is 26.3 Å². The Hall–Kier alpha value is -1.82. The predicted octanol–water partition coefficient (Wildman–Crippen LogP) is 2.98. The summed E-state index contributed by atoms with van der Waals surface area (Å²) >= 11 is 1.51. The number of rotatable bonds is 5. The number of halogens is 2. The SMILES string of the molecule is Cc1ncc(CNC(=O)CCc2cc(F)ccc2F)s1. The van der Waals surface area contributed by atoms with Gasteiger partial charge in [-0.25, -0.2) is 13.8 Å². The lowest BCUT2D eigenvalue weighted by Gasteiger charge is -2.05. The van der Waals surface area contributed by atoms with E-state index in [1.807, 2.05) is 6.92 Å². The molecule has 0 fully saturated rings. The summed E-state index contributed by atoms with van der Waals surface area (Å²) in [5.41, 5.74) is 0.216. The molecule has 0 saturated carbocycles. The molecule has 0 aliphatic rings. The van der Waals surface area contributed by atoms with Crippen LogP contribution in [-0.4, -0.2) is 10.9 Å². The molecule has 0 bridgehead atoms. The van der Waals surface area contributed by atoms with Crippen molar-refractivity contribution in [3.05, 3.63) is 51.5 Å². The van der Waals surface area contributed by atoms with Gasteiger partial charge in [0.05, 0.1) is 11.6 Å². The van der Waals surface area contributed by atoms with E-state index in [0.717, 1.165) is 28.1 Å². The standard InChI is InChI=1S/C14H14F2N2OS/c1-9-17-7-12(20-9)8-18-14(19)5-2-10-6-11(15)3-4-13(10)16/h3-4,6-7H,2,5,8H2,1H3,(H,18,19). The van der Waals surface area contributed by atoms with Gasteiger partial charge in [0.25, 0.3) is 0 Å². The molecular weight excluding hydrogens is 282 g/mol. The Balaban J connectivity index is 1.81. The van der Waals surface area contributed by atoms with Crippen LogP contribution in [0.15, 0.2) is 24.4 Å². The normalized spacial score (nSPS) is 10.6. The highest BCUT2D eigenvalue weighted by Crippen LogP contribution is 2.13. The molecule has 6 heteroatoms. The smallest absolute Gasteiger partial charge is 0.220 e. The molecule has 1 aromatic carbocycles. The second-order valence-electron chi connectivity index (χ2n) is 4.36. The van der Waals surface area contributed by atoms with Crippen molar-refractivity contribution < 1.29 is 13.6 Å². The van der Waals surface area contributed by atoms with Gasteiger partial charge in [-0.1, -0.05) is 0 Å². The second kappa shape index (κ2) is 6.56. The zero-order chi connectivity index (χ0) is 14.5. The summed E-state index contributed by atoms with van der Waals surface area (Å²) in [4.78, 5) is 16.7. The van der Waals surface area contributed by atoms with Crippen molar-refractivity contribution in [1.29, 1.82) is 0 Å². The summed E-state index contributed by atoms with van der Waals surface area (Å²) in [6, 6.07) is 3.25. The Labute approximate surface area is 119 Å². The maximum atomic E-state index is 13.4. The van der Waals surface area contributed by atoms with Gasteiger partial charge in [0, 0.05) is 17.5 Å². The highest BCUT2D eigenvalue weighted by atomic mass is 32.1. The first-order chi connectivity index (χ1) is 9.54. The number of nitrogens with one attached hydrogen (secondary N) is 1. The first kappa shape index (κ1) is 14.6. The van der Waals surface area contributed by atoms with Crippen molar-refractivity contribution in [3.8, 4) is 0 Å². The predicted molar refractivity (Wildman–Crippen MR) is 73.4 cm³/mol. The van der Waals surface area contributed by atoms with Gasteiger partial charge < -0.3 is 5.32 Å². The van der Waals surface area contributed by atoms with Gasteiger partial charge >= 0.3 is 0 Å². The molecule has 106 valence electrons. The fourth-order valence-corrected chi connectivity index (χ4v) is 2.48. The number of hydrogen-bond donors (Lipinski definition) is 1. The number of aromatic nitrogens is 1. The summed E-state index contributed by atoms with van der Waals surface area (Å²) in [6.07, 6.45) is 2.02. The van der Waals surface area contributed by atoms with Crippen molar-refractivity contribution in [2.75, 3.05) is 0 Å². The molecule has 0 aliphatic carbocycles. The van der Waals surface area contributed by atoms with E-state index in [0.29, 0.717) is 6.54 Å². The highest BCUT2D eigenvalue weighted by Gasteiger charge is 2.08. The van der Waals surface area contributed by atoms with E-state index in [2.05, 4.69) is 10.3 Å². The van der Waals surface area contributed by atoms with Crippen LogP contribution in [0.1, 0.15) is 21.9 Å². The van der Waals surface area contributed by atoms with Gasteiger partial charge in [-0.3, -0.25) is 4.79 Å². The quantitative estimate of drug-likeness (QED) is 0.921. The maximum Gasteiger partial charge on any atom is 0.220 e. The second-order valence-corrected chi connectivity index (χ2v) is 5.68. The summed E-state index contributed by atoms with van der Waals surface area (Å²) in [6.45, 7) is 2.30. The average Bonchev–Trinajstić information content (AvgIpc) is 2.83. The molecule has 0 saturated heterocycles. The van der Waals surface area contributed by atoms with Crippen molar-refractivity contribution in [3.63, 3.8) is 0 Å². The third-order valence-corrected chi connectivity index (χ3v) is 3.67. The molecule has 0 aliphatic heterocycles. The molecule has 0 unspecified atom stereocenters. The monoisotopic (exact) mass is 296 g/mol. The summed E-state index contributed by atoms with van der Waals surface area (Å²) < 4.78 is 26.3. The first-order valence-electron chi connectivity index (χ1n) is 6.16. The molecule has 1 heterocycles. The molecule has 0 spiro atoms. The molecule has 1 amide bonds. The topological polar surface area (TPSA) is 42.0 Å². The molecule has 2 aromatic rings. The third-order valence-electron chi connectivity index (χ3n) is 2.76. The molecule has 1 N–H and O–H groups in total. The summed E-state index contributed by atoms with van der Waals surface area (Å²) in [5, 5.41) is 3.67. The van der Waals surface area contributed by atoms with Crippen LogP contribution in [0, 0.1) is 18.6 Å². The van der Waals surface area contributed by atoms with Crippen LogP contribution < -0.4 is 5.32 Å². The van der Waals surface area contributed by atoms with E-state index in [9.17, 15) is 13.6 Å². The van der Waals surface area contributed by atoms with Gasteiger partial charge in [-0.05, 0) is 37.1 Å². The van der Waals surface area contributed by atoms with E-state index >= 15 is 0 Å². The van der Waals surface area contributed by atoms with Crippen LogP contribution in [0.4, 0.5) is 8.78 Å². The summed E-state index contributed by atoms with van der Waals surface area (Å²) in [5.74, 6) is -1.18. The molecule has 20 heavy (non-hydrogen) atoms. The lowest BCUT2D eigenvalue weighted by atomic mass is 10.1. The molecule has 0 radical (unpaired) electrons. The Morgan fingerprint density at radius 3 is 2.90 bits per heavy atom. The Kier molecular flexibility index (Phi) is 4.79. The van der Waals surface area contributed by atoms with Gasteiger partial charge in [0.15, 0.2) is 0 Å². The molecule has 2 rings (SSSR count). The number of nitrogens with zero attached hydrogens (tertiary/aromatic N) is 1. The van der Waals surface area contributed by atoms with Crippen LogP contribution in [-0.2, 0) is 17.8 Å². The molecule has 1 aromatic heterocycles. The van der Waals surface area contributed by atoms with E-state index in [-0.39, 0.29) is 24.3 Å². The number of carbonyl (C=O) groups excluding carboxylic acids is 1. The van der Waals surface area contributed by atoms with E-state index in [4.69, 9.17) is 0 Å². The van der Waals surface area contributed by atoms with Gasteiger partial charge in [0.2, 0.25) is 5.91 Å². The fourth-order valence-electron chi connectivity index (χ4n) is 1.74. The maximum absolute atomic E-state index is 13.4.